The van der Waals surface area contributed by atoms with Gasteiger partial charge in [0.15, 0.2) is 0 Å². The fourth-order valence-corrected chi connectivity index (χ4v) is 3.20. The highest BCUT2D eigenvalue weighted by molar-refractivity contribution is 4.89. The Hall–Kier alpha value is -0.0800. The van der Waals surface area contributed by atoms with Gasteiger partial charge in [0.2, 0.25) is 0 Å². The Morgan fingerprint density at radius 2 is 1.93 bits per heavy atom. The van der Waals surface area contributed by atoms with Gasteiger partial charge >= 0.3 is 0 Å². The normalized spacial score (nSPS) is 35.6. The number of likely N-dealkylation sites (N-methyl/N-ethyl adjacent to an activating group) is 2. The van der Waals surface area contributed by atoms with Gasteiger partial charge in [-0.3, -0.25) is 4.90 Å². The lowest BCUT2D eigenvalue weighted by molar-refractivity contribution is 0.0259. The van der Waals surface area contributed by atoms with Gasteiger partial charge in [-0.2, -0.15) is 0 Å². The molecule has 82 valence electrons. The second kappa shape index (κ2) is 4.63. The van der Waals surface area contributed by atoms with Crippen molar-refractivity contribution in [1.29, 1.82) is 0 Å². The van der Waals surface area contributed by atoms with Crippen LogP contribution in [0.3, 0.4) is 0 Å². The van der Waals surface area contributed by atoms with Crippen molar-refractivity contribution in [2.24, 2.45) is 5.92 Å². The zero-order valence-corrected chi connectivity index (χ0v) is 9.71. The van der Waals surface area contributed by atoms with Gasteiger partial charge in [-0.25, -0.2) is 0 Å². The molecule has 2 rings (SSSR count). The molecule has 2 aliphatic heterocycles. The molecule has 0 aromatic rings. The van der Waals surface area contributed by atoms with Crippen molar-refractivity contribution in [2.45, 2.75) is 39.2 Å². The van der Waals surface area contributed by atoms with E-state index in [1.165, 1.54) is 52.0 Å². The van der Waals surface area contributed by atoms with Crippen LogP contribution in [0.4, 0.5) is 0 Å². The number of likely N-dealkylation sites (tertiary alicyclic amines) is 2. The molecule has 2 heteroatoms. The van der Waals surface area contributed by atoms with E-state index in [-0.39, 0.29) is 0 Å². The van der Waals surface area contributed by atoms with Crippen molar-refractivity contribution in [2.75, 3.05) is 32.7 Å². The van der Waals surface area contributed by atoms with Gasteiger partial charge in [0.25, 0.3) is 0 Å². The molecule has 0 spiro atoms. The Morgan fingerprint density at radius 3 is 2.64 bits per heavy atom. The molecule has 2 unspecified atom stereocenters. The molecule has 0 aromatic heterocycles. The average molecular weight is 196 g/mol. The van der Waals surface area contributed by atoms with Crippen LogP contribution in [0, 0.1) is 5.92 Å². The first-order chi connectivity index (χ1) is 6.85. The van der Waals surface area contributed by atoms with Gasteiger partial charge in [0.1, 0.15) is 0 Å². The predicted molar refractivity (Wildman–Crippen MR) is 60.5 cm³/mol. The van der Waals surface area contributed by atoms with E-state index in [9.17, 15) is 0 Å². The second-order valence-corrected chi connectivity index (χ2v) is 4.78. The summed E-state index contributed by atoms with van der Waals surface area (Å²) in [5.41, 5.74) is 0. The first kappa shape index (κ1) is 10.4. The molecule has 14 heavy (non-hydrogen) atoms. The Bertz CT molecular complexity index is 175. The maximum atomic E-state index is 2.70. The van der Waals surface area contributed by atoms with E-state index in [0.717, 1.165) is 12.0 Å². The summed E-state index contributed by atoms with van der Waals surface area (Å²) in [5, 5.41) is 0. The van der Waals surface area contributed by atoms with Gasteiger partial charge in [-0.05, 0) is 51.4 Å². The van der Waals surface area contributed by atoms with Gasteiger partial charge in [-0.1, -0.05) is 13.8 Å². The third-order valence-electron chi connectivity index (χ3n) is 4.15. The number of hydrogen-bond acceptors (Lipinski definition) is 2. The van der Waals surface area contributed by atoms with E-state index < -0.39 is 0 Å². The van der Waals surface area contributed by atoms with Crippen LogP contribution in [0.5, 0.6) is 0 Å². The number of rotatable bonds is 2. The van der Waals surface area contributed by atoms with Crippen molar-refractivity contribution in [3.05, 3.63) is 0 Å². The minimum atomic E-state index is 0.877. The van der Waals surface area contributed by atoms with Crippen LogP contribution in [0.1, 0.15) is 33.1 Å². The van der Waals surface area contributed by atoms with E-state index in [2.05, 4.69) is 23.6 Å². The predicted octanol–water partition coefficient (Wildman–Crippen LogP) is 1.81. The van der Waals surface area contributed by atoms with Crippen molar-refractivity contribution in [3.63, 3.8) is 0 Å². The minimum absolute atomic E-state index is 0.877. The first-order valence-corrected chi connectivity index (χ1v) is 6.31. The Balaban J connectivity index is 1.98. The van der Waals surface area contributed by atoms with E-state index in [1.54, 1.807) is 0 Å². The standard InChI is InChI=1S/C12H24N2/c1-3-13-9-7-11-6-5-8-14(4-2)12(11)10-13/h11-12H,3-10H2,1-2H3. The average Bonchev–Trinajstić information content (AvgIpc) is 2.27. The lowest BCUT2D eigenvalue weighted by Gasteiger charge is -2.47. The van der Waals surface area contributed by atoms with Gasteiger partial charge in [0.05, 0.1) is 0 Å². The Morgan fingerprint density at radius 1 is 1.07 bits per heavy atom. The summed E-state index contributed by atoms with van der Waals surface area (Å²) in [7, 11) is 0. The molecule has 0 saturated carbocycles. The third kappa shape index (κ3) is 1.96. The zero-order valence-electron chi connectivity index (χ0n) is 9.71. The van der Waals surface area contributed by atoms with E-state index in [1.807, 2.05) is 0 Å². The molecular formula is C12H24N2. The maximum absolute atomic E-state index is 2.70. The lowest BCUT2D eigenvalue weighted by Crippen LogP contribution is -2.55. The molecule has 0 amide bonds. The molecule has 2 atom stereocenters. The zero-order chi connectivity index (χ0) is 9.97. The smallest absolute Gasteiger partial charge is 0.0251 e. The van der Waals surface area contributed by atoms with Crippen molar-refractivity contribution in [3.8, 4) is 0 Å². The highest BCUT2D eigenvalue weighted by Gasteiger charge is 2.34. The van der Waals surface area contributed by atoms with Crippen LogP contribution in [-0.4, -0.2) is 48.6 Å². The van der Waals surface area contributed by atoms with Crippen molar-refractivity contribution in [1.82, 2.24) is 9.80 Å². The van der Waals surface area contributed by atoms with Crippen molar-refractivity contribution >= 4 is 0 Å². The molecule has 2 fully saturated rings. The van der Waals surface area contributed by atoms with E-state index in [4.69, 9.17) is 0 Å². The van der Waals surface area contributed by atoms with Crippen LogP contribution >= 0.6 is 0 Å². The molecule has 2 heterocycles. The summed E-state index contributed by atoms with van der Waals surface area (Å²) < 4.78 is 0. The number of nitrogens with zero attached hydrogens (tertiary/aromatic N) is 2. The quantitative estimate of drug-likeness (QED) is 0.664. The van der Waals surface area contributed by atoms with Crippen LogP contribution in [0.15, 0.2) is 0 Å². The van der Waals surface area contributed by atoms with Crippen LogP contribution in [0.25, 0.3) is 0 Å². The molecular weight excluding hydrogens is 172 g/mol. The van der Waals surface area contributed by atoms with E-state index in [0.29, 0.717) is 0 Å². The second-order valence-electron chi connectivity index (χ2n) is 4.78. The SMILES string of the molecule is CCN1CCC2CCCN(CC)C2C1. The molecule has 0 radical (unpaired) electrons. The highest BCUT2D eigenvalue weighted by atomic mass is 15.2. The summed E-state index contributed by atoms with van der Waals surface area (Å²) in [6, 6.07) is 0.877. The van der Waals surface area contributed by atoms with Gasteiger partial charge in [-0.15, -0.1) is 0 Å². The largest absolute Gasteiger partial charge is 0.302 e. The van der Waals surface area contributed by atoms with Crippen LogP contribution in [-0.2, 0) is 0 Å². The summed E-state index contributed by atoms with van der Waals surface area (Å²) in [5.74, 6) is 1.01. The molecule has 0 bridgehead atoms. The summed E-state index contributed by atoms with van der Waals surface area (Å²) >= 11 is 0. The monoisotopic (exact) mass is 196 g/mol. The molecule has 2 nitrogen and oxygen atoms in total. The Kier molecular flexibility index (Phi) is 3.45. The van der Waals surface area contributed by atoms with E-state index >= 15 is 0 Å². The number of fused-ring (bicyclic) bond motifs is 1. The summed E-state index contributed by atoms with van der Waals surface area (Å²) in [6.07, 6.45) is 4.36. The maximum Gasteiger partial charge on any atom is 0.0251 e. The molecule has 2 saturated heterocycles. The van der Waals surface area contributed by atoms with Crippen LogP contribution in [0.2, 0.25) is 0 Å². The van der Waals surface area contributed by atoms with Crippen molar-refractivity contribution < 1.29 is 0 Å². The first-order valence-electron chi connectivity index (χ1n) is 6.31. The topological polar surface area (TPSA) is 6.48 Å². The fraction of sp³-hybridized carbons (Fsp3) is 1.00. The molecule has 0 N–H and O–H groups in total. The molecule has 0 aliphatic carbocycles. The third-order valence-corrected chi connectivity index (χ3v) is 4.15. The van der Waals surface area contributed by atoms with Gasteiger partial charge in [0, 0.05) is 12.6 Å². The highest BCUT2D eigenvalue weighted by Crippen LogP contribution is 2.30. The summed E-state index contributed by atoms with van der Waals surface area (Å²) in [6.45, 7) is 11.1. The fourth-order valence-electron chi connectivity index (χ4n) is 3.20. The minimum Gasteiger partial charge on any atom is -0.302 e. The Labute approximate surface area is 88.3 Å². The lowest BCUT2D eigenvalue weighted by atomic mass is 9.83. The van der Waals surface area contributed by atoms with Gasteiger partial charge < -0.3 is 4.90 Å². The summed E-state index contributed by atoms with van der Waals surface area (Å²) in [4.78, 5) is 5.32. The molecule has 2 aliphatic rings. The number of hydrogen-bond donors (Lipinski definition) is 0. The number of piperidine rings is 2. The molecule has 0 aromatic carbocycles. The van der Waals surface area contributed by atoms with Crippen LogP contribution < -0.4 is 0 Å².